The molecule has 3 aromatic rings. The number of hydrogen-bond donors (Lipinski definition) is 0. The van der Waals surface area contributed by atoms with E-state index < -0.39 is 0 Å². The number of para-hydroxylation sites is 1. The van der Waals surface area contributed by atoms with Gasteiger partial charge in [0.25, 0.3) is 5.91 Å². The minimum atomic E-state index is -0.223. The van der Waals surface area contributed by atoms with E-state index in [0.29, 0.717) is 0 Å². The van der Waals surface area contributed by atoms with E-state index in [1.165, 1.54) is 5.56 Å². The van der Waals surface area contributed by atoms with E-state index in [1.54, 1.807) is 0 Å². The van der Waals surface area contributed by atoms with Crippen LogP contribution >= 0.6 is 0 Å². The van der Waals surface area contributed by atoms with Crippen LogP contribution < -0.4 is 5.01 Å². The van der Waals surface area contributed by atoms with Crippen LogP contribution in [0, 0.1) is 0 Å². The van der Waals surface area contributed by atoms with Crippen LogP contribution in [0.15, 0.2) is 84.9 Å². The molecule has 2 atom stereocenters. The third kappa shape index (κ3) is 2.66. The molecule has 0 N–H and O–H groups in total. The SMILES string of the molecule is O=C1C(c2ccccc2)c2ccccc2N1N1CCCC1c1ccccc1. The fourth-order valence-electron chi connectivity index (χ4n) is 4.54. The highest BCUT2D eigenvalue weighted by Gasteiger charge is 2.44. The molecule has 1 saturated heterocycles. The zero-order valence-corrected chi connectivity index (χ0v) is 15.2. The highest BCUT2D eigenvalue weighted by Crippen LogP contribution is 2.45. The average molecular weight is 354 g/mol. The second kappa shape index (κ2) is 6.67. The molecule has 3 nitrogen and oxygen atoms in total. The van der Waals surface area contributed by atoms with E-state index >= 15 is 0 Å². The van der Waals surface area contributed by atoms with Crippen molar-refractivity contribution < 1.29 is 4.79 Å². The lowest BCUT2D eigenvalue weighted by Crippen LogP contribution is -2.45. The van der Waals surface area contributed by atoms with Crippen molar-refractivity contribution in [3.8, 4) is 0 Å². The Bertz CT molecular complexity index is 954. The maximum atomic E-state index is 13.6. The average Bonchev–Trinajstić information content (AvgIpc) is 3.31. The summed E-state index contributed by atoms with van der Waals surface area (Å²) in [6, 6.07) is 29.2. The highest BCUT2D eigenvalue weighted by molar-refractivity contribution is 6.06. The van der Waals surface area contributed by atoms with E-state index in [9.17, 15) is 4.79 Å². The van der Waals surface area contributed by atoms with Crippen molar-refractivity contribution >= 4 is 11.6 Å². The molecule has 134 valence electrons. The minimum absolute atomic E-state index is 0.158. The topological polar surface area (TPSA) is 23.6 Å². The molecule has 0 aliphatic carbocycles. The van der Waals surface area contributed by atoms with Gasteiger partial charge in [-0.25, -0.2) is 10.0 Å². The number of hydrogen-bond acceptors (Lipinski definition) is 2. The molecule has 2 heterocycles. The Morgan fingerprint density at radius 1 is 0.741 bits per heavy atom. The van der Waals surface area contributed by atoms with Gasteiger partial charge in [-0.2, -0.15) is 0 Å². The first-order valence-corrected chi connectivity index (χ1v) is 9.64. The van der Waals surface area contributed by atoms with Crippen molar-refractivity contribution in [2.75, 3.05) is 11.6 Å². The number of rotatable bonds is 3. The van der Waals surface area contributed by atoms with Gasteiger partial charge in [-0.3, -0.25) is 4.79 Å². The van der Waals surface area contributed by atoms with E-state index in [2.05, 4.69) is 53.5 Å². The molecule has 5 rings (SSSR count). The lowest BCUT2D eigenvalue weighted by Gasteiger charge is -2.34. The molecule has 0 aromatic heterocycles. The van der Waals surface area contributed by atoms with Crippen molar-refractivity contribution in [1.29, 1.82) is 0 Å². The summed E-state index contributed by atoms with van der Waals surface area (Å²) in [6.07, 6.45) is 2.17. The predicted octanol–water partition coefficient (Wildman–Crippen LogP) is 4.92. The van der Waals surface area contributed by atoms with Crippen molar-refractivity contribution in [2.45, 2.75) is 24.8 Å². The predicted molar refractivity (Wildman–Crippen MR) is 107 cm³/mol. The van der Waals surface area contributed by atoms with Crippen LogP contribution in [-0.4, -0.2) is 17.5 Å². The molecule has 1 fully saturated rings. The lowest BCUT2D eigenvalue weighted by molar-refractivity contribution is -0.121. The Hall–Kier alpha value is -2.91. The van der Waals surface area contributed by atoms with Crippen LogP contribution in [0.1, 0.15) is 41.5 Å². The molecule has 27 heavy (non-hydrogen) atoms. The molecule has 3 heteroatoms. The molecular formula is C24H22N2O. The Balaban J connectivity index is 1.58. The van der Waals surface area contributed by atoms with Gasteiger partial charge >= 0.3 is 0 Å². The van der Waals surface area contributed by atoms with Crippen LogP contribution in [0.2, 0.25) is 0 Å². The number of hydrazine groups is 1. The first kappa shape index (κ1) is 16.3. The Labute approximate surface area is 159 Å². The molecule has 0 saturated carbocycles. The van der Waals surface area contributed by atoms with Crippen molar-refractivity contribution in [3.63, 3.8) is 0 Å². The highest BCUT2D eigenvalue weighted by atomic mass is 16.2. The van der Waals surface area contributed by atoms with E-state index in [4.69, 9.17) is 0 Å². The third-order valence-electron chi connectivity index (χ3n) is 5.73. The van der Waals surface area contributed by atoms with Crippen LogP contribution in [0.5, 0.6) is 0 Å². The van der Waals surface area contributed by atoms with Crippen LogP contribution in [0.4, 0.5) is 5.69 Å². The number of benzene rings is 3. The van der Waals surface area contributed by atoms with Crippen molar-refractivity contribution in [1.82, 2.24) is 5.01 Å². The van der Waals surface area contributed by atoms with Gasteiger partial charge in [-0.1, -0.05) is 78.9 Å². The molecule has 0 bridgehead atoms. The van der Waals surface area contributed by atoms with Crippen LogP contribution in [-0.2, 0) is 4.79 Å². The number of nitrogens with zero attached hydrogens (tertiary/aromatic N) is 2. The van der Waals surface area contributed by atoms with Gasteiger partial charge in [0, 0.05) is 6.54 Å². The number of carbonyl (C=O) groups excluding carboxylic acids is 1. The zero-order chi connectivity index (χ0) is 18.2. The summed E-state index contributed by atoms with van der Waals surface area (Å²) in [5, 5.41) is 4.23. The summed E-state index contributed by atoms with van der Waals surface area (Å²) in [6.45, 7) is 0.904. The number of carbonyl (C=O) groups is 1. The van der Waals surface area contributed by atoms with Gasteiger partial charge in [0.05, 0.1) is 17.6 Å². The monoisotopic (exact) mass is 354 g/mol. The first-order chi connectivity index (χ1) is 13.3. The van der Waals surface area contributed by atoms with E-state index in [1.807, 2.05) is 41.4 Å². The standard InChI is InChI=1S/C24H22N2O/c27-24-23(19-12-5-2-6-13-19)20-14-7-8-15-22(20)26(24)25-17-9-16-21(25)18-10-3-1-4-11-18/h1-8,10-15,21,23H,9,16-17H2. The summed E-state index contributed by atoms with van der Waals surface area (Å²) < 4.78 is 0. The molecule has 1 amide bonds. The van der Waals surface area contributed by atoms with Crippen molar-refractivity contribution in [2.24, 2.45) is 0 Å². The molecule has 2 aliphatic heterocycles. The van der Waals surface area contributed by atoms with Crippen molar-refractivity contribution in [3.05, 3.63) is 102 Å². The normalized spacial score (nSPS) is 22.2. The molecule has 0 radical (unpaired) electrons. The molecular weight excluding hydrogens is 332 g/mol. The Morgan fingerprint density at radius 2 is 1.37 bits per heavy atom. The van der Waals surface area contributed by atoms with Gasteiger partial charge in [0.2, 0.25) is 0 Å². The number of amides is 1. The summed E-state index contributed by atoms with van der Waals surface area (Å²) >= 11 is 0. The first-order valence-electron chi connectivity index (χ1n) is 9.64. The minimum Gasteiger partial charge on any atom is -0.272 e. The van der Waals surface area contributed by atoms with E-state index in [-0.39, 0.29) is 17.9 Å². The zero-order valence-electron chi connectivity index (χ0n) is 15.2. The summed E-state index contributed by atoms with van der Waals surface area (Å²) in [4.78, 5) is 13.6. The molecule has 2 unspecified atom stereocenters. The summed E-state index contributed by atoms with van der Waals surface area (Å²) in [7, 11) is 0. The van der Waals surface area contributed by atoms with Gasteiger partial charge in [0.15, 0.2) is 0 Å². The van der Waals surface area contributed by atoms with Crippen LogP contribution in [0.3, 0.4) is 0 Å². The smallest absolute Gasteiger partial charge is 0.253 e. The molecule has 3 aromatic carbocycles. The van der Waals surface area contributed by atoms with Crippen LogP contribution in [0.25, 0.3) is 0 Å². The third-order valence-corrected chi connectivity index (χ3v) is 5.73. The Morgan fingerprint density at radius 3 is 2.11 bits per heavy atom. The van der Waals surface area contributed by atoms with Gasteiger partial charge in [0.1, 0.15) is 0 Å². The molecule has 2 aliphatic rings. The number of fused-ring (bicyclic) bond motifs is 1. The lowest BCUT2D eigenvalue weighted by atomic mass is 9.93. The van der Waals surface area contributed by atoms with Gasteiger partial charge in [-0.05, 0) is 35.6 Å². The summed E-state index contributed by atoms with van der Waals surface area (Å²) in [5.41, 5.74) is 4.47. The quantitative estimate of drug-likeness (QED) is 0.667. The summed E-state index contributed by atoms with van der Waals surface area (Å²) in [5.74, 6) is -0.0651. The second-order valence-corrected chi connectivity index (χ2v) is 7.28. The van der Waals surface area contributed by atoms with Gasteiger partial charge < -0.3 is 0 Å². The largest absolute Gasteiger partial charge is 0.272 e. The maximum Gasteiger partial charge on any atom is 0.253 e. The van der Waals surface area contributed by atoms with Gasteiger partial charge in [-0.15, -0.1) is 0 Å². The Kier molecular flexibility index (Phi) is 4.02. The fraction of sp³-hybridized carbons (Fsp3) is 0.208. The van der Waals surface area contributed by atoms with E-state index in [0.717, 1.165) is 36.2 Å². The fourth-order valence-corrected chi connectivity index (χ4v) is 4.54. The maximum absolute atomic E-state index is 13.6. The molecule has 0 spiro atoms. The second-order valence-electron chi connectivity index (χ2n) is 7.28. The number of anilines is 1.